The molecule has 2 heterocycles. The summed E-state index contributed by atoms with van der Waals surface area (Å²) < 4.78 is 4.54. The molecule has 0 atom stereocenters. The van der Waals surface area contributed by atoms with Crippen LogP contribution in [0.5, 0.6) is 0 Å². The number of hydrogen-bond donors (Lipinski definition) is 5. The second-order valence-electron chi connectivity index (χ2n) is 8.96. The molecule has 2 aromatic heterocycles. The first-order valence-electron chi connectivity index (χ1n) is 11.4. The summed E-state index contributed by atoms with van der Waals surface area (Å²) in [6.45, 7) is 8.10. The van der Waals surface area contributed by atoms with E-state index in [1.807, 2.05) is 33.8 Å². The average molecular weight is 514 g/mol. The predicted molar refractivity (Wildman–Crippen MR) is 142 cm³/mol. The molecule has 0 saturated carbocycles. The second-order valence-corrected chi connectivity index (χ2v) is 9.96. The monoisotopic (exact) mass is 513 g/mol. The Bertz CT molecular complexity index is 1280. The molecule has 2 amide bonds. The van der Waals surface area contributed by atoms with E-state index in [0.29, 0.717) is 50.2 Å². The Morgan fingerprint density at radius 1 is 1.14 bits per heavy atom. The summed E-state index contributed by atoms with van der Waals surface area (Å²) in [5.74, 6) is -0.656. The van der Waals surface area contributed by atoms with Crippen LogP contribution in [0.4, 0.5) is 17.3 Å². The SMILES string of the molecule is CCNc1nc(-c2cccc(NC(=O)CNCC(=O)OC)c2)c2c(N)c(C(=O)NC(C)(C)C)sc2n1. The quantitative estimate of drug-likeness (QED) is 0.271. The number of nitrogens with two attached hydrogens (primary N) is 1. The van der Waals surface area contributed by atoms with E-state index in [1.54, 1.807) is 18.2 Å². The minimum Gasteiger partial charge on any atom is -0.468 e. The van der Waals surface area contributed by atoms with Crippen LogP contribution in [0.3, 0.4) is 0 Å². The van der Waals surface area contributed by atoms with E-state index in [4.69, 9.17) is 5.73 Å². The van der Waals surface area contributed by atoms with Crippen LogP contribution in [0, 0.1) is 0 Å². The molecule has 3 aromatic rings. The number of benzene rings is 1. The Labute approximate surface area is 213 Å². The smallest absolute Gasteiger partial charge is 0.319 e. The van der Waals surface area contributed by atoms with Crippen molar-refractivity contribution in [3.63, 3.8) is 0 Å². The van der Waals surface area contributed by atoms with Crippen molar-refractivity contribution >= 4 is 56.7 Å². The summed E-state index contributed by atoms with van der Waals surface area (Å²) in [5, 5.41) is 12.1. The molecule has 0 unspecified atom stereocenters. The van der Waals surface area contributed by atoms with Gasteiger partial charge in [0.05, 0.1) is 37.0 Å². The molecule has 0 fully saturated rings. The van der Waals surface area contributed by atoms with Gasteiger partial charge in [-0.25, -0.2) is 9.97 Å². The van der Waals surface area contributed by atoms with Crippen LogP contribution in [0.1, 0.15) is 37.4 Å². The van der Waals surface area contributed by atoms with Crippen LogP contribution < -0.4 is 27.0 Å². The Morgan fingerprint density at radius 2 is 1.89 bits per heavy atom. The zero-order valence-electron chi connectivity index (χ0n) is 20.9. The summed E-state index contributed by atoms with van der Waals surface area (Å²) in [7, 11) is 1.28. The van der Waals surface area contributed by atoms with Crippen molar-refractivity contribution in [1.82, 2.24) is 20.6 Å². The molecule has 1 aromatic carbocycles. The topological polar surface area (TPSA) is 160 Å². The maximum Gasteiger partial charge on any atom is 0.319 e. The van der Waals surface area contributed by atoms with Crippen molar-refractivity contribution < 1.29 is 19.1 Å². The Balaban J connectivity index is 1.97. The van der Waals surface area contributed by atoms with Gasteiger partial charge in [0.25, 0.3) is 5.91 Å². The second kappa shape index (κ2) is 11.3. The van der Waals surface area contributed by atoms with Gasteiger partial charge in [-0.3, -0.25) is 19.7 Å². The zero-order chi connectivity index (χ0) is 26.5. The average Bonchev–Trinajstić information content (AvgIpc) is 3.14. The van der Waals surface area contributed by atoms with Crippen molar-refractivity contribution in [2.75, 3.05) is 43.1 Å². The van der Waals surface area contributed by atoms with E-state index >= 15 is 0 Å². The van der Waals surface area contributed by atoms with E-state index in [2.05, 4.69) is 36.0 Å². The summed E-state index contributed by atoms with van der Waals surface area (Å²) in [6, 6.07) is 7.13. The first-order chi connectivity index (χ1) is 17.0. The van der Waals surface area contributed by atoms with Gasteiger partial charge < -0.3 is 26.4 Å². The van der Waals surface area contributed by atoms with E-state index in [0.717, 1.165) is 0 Å². The molecule has 3 rings (SSSR count). The lowest BCUT2D eigenvalue weighted by Crippen LogP contribution is -2.40. The van der Waals surface area contributed by atoms with E-state index in [9.17, 15) is 14.4 Å². The number of ether oxygens (including phenoxy) is 1. The first-order valence-corrected chi connectivity index (χ1v) is 12.2. The molecule has 0 spiro atoms. The van der Waals surface area contributed by atoms with Crippen LogP contribution >= 0.6 is 11.3 Å². The molecule has 0 aliphatic rings. The van der Waals surface area contributed by atoms with Crippen molar-refractivity contribution in [1.29, 1.82) is 0 Å². The maximum absolute atomic E-state index is 12.9. The largest absolute Gasteiger partial charge is 0.468 e. The highest BCUT2D eigenvalue weighted by molar-refractivity contribution is 7.21. The summed E-state index contributed by atoms with van der Waals surface area (Å²) in [4.78, 5) is 46.6. The standard InChI is InChI=1S/C24H31N7O4S/c1-6-27-23-29-19(17-18(25)20(36-22(17)30-23)21(34)31-24(2,3)4)13-8-7-9-14(10-13)28-15(32)11-26-12-16(33)35-5/h7-10,26H,6,11-12,25H2,1-5H3,(H,28,32)(H,31,34)(H,27,29,30). The fourth-order valence-corrected chi connectivity index (χ4v) is 4.32. The summed E-state index contributed by atoms with van der Waals surface area (Å²) >= 11 is 1.21. The number of carbonyl (C=O) groups excluding carboxylic acids is 3. The van der Waals surface area contributed by atoms with Gasteiger partial charge >= 0.3 is 5.97 Å². The Morgan fingerprint density at radius 3 is 2.56 bits per heavy atom. The molecule has 11 nitrogen and oxygen atoms in total. The Kier molecular flexibility index (Phi) is 8.43. The number of methoxy groups -OCH3 is 1. The van der Waals surface area contributed by atoms with Crippen LogP contribution in [0.25, 0.3) is 21.5 Å². The number of carbonyl (C=O) groups is 3. The molecule has 0 aliphatic carbocycles. The number of nitrogens with one attached hydrogen (secondary N) is 4. The number of fused-ring (bicyclic) bond motifs is 1. The predicted octanol–water partition coefficient (Wildman–Crippen LogP) is 2.60. The van der Waals surface area contributed by atoms with Gasteiger partial charge in [0.2, 0.25) is 11.9 Å². The molecule has 6 N–H and O–H groups in total. The fraction of sp³-hybridized carbons (Fsp3) is 0.375. The number of nitrogen functional groups attached to an aromatic ring is 1. The lowest BCUT2D eigenvalue weighted by molar-refractivity contribution is -0.139. The highest BCUT2D eigenvalue weighted by Gasteiger charge is 2.24. The number of anilines is 3. The number of aromatic nitrogens is 2. The molecule has 0 saturated heterocycles. The van der Waals surface area contributed by atoms with Crippen LogP contribution in [-0.2, 0) is 14.3 Å². The lowest BCUT2D eigenvalue weighted by atomic mass is 10.1. The molecule has 12 heteroatoms. The van der Waals surface area contributed by atoms with Gasteiger partial charge in [-0.2, -0.15) is 0 Å². The molecule has 192 valence electrons. The maximum atomic E-state index is 12.9. The number of hydrogen-bond acceptors (Lipinski definition) is 10. The van der Waals surface area contributed by atoms with Gasteiger partial charge in [0, 0.05) is 23.3 Å². The summed E-state index contributed by atoms with van der Waals surface area (Å²) in [5.41, 5.74) is 8.10. The fourth-order valence-electron chi connectivity index (χ4n) is 3.33. The third kappa shape index (κ3) is 6.67. The molecule has 0 bridgehead atoms. The number of rotatable bonds is 9. The van der Waals surface area contributed by atoms with E-state index in [-0.39, 0.29) is 24.9 Å². The summed E-state index contributed by atoms with van der Waals surface area (Å²) in [6.07, 6.45) is 0. The zero-order valence-corrected chi connectivity index (χ0v) is 21.8. The van der Waals surface area contributed by atoms with Crippen LogP contribution in [0.2, 0.25) is 0 Å². The first kappa shape index (κ1) is 26.8. The minimum absolute atomic E-state index is 0.0641. The van der Waals surface area contributed by atoms with E-state index in [1.165, 1.54) is 18.4 Å². The number of nitrogens with zero attached hydrogens (tertiary/aromatic N) is 2. The normalized spacial score (nSPS) is 11.2. The van der Waals surface area contributed by atoms with Gasteiger partial charge in [0.1, 0.15) is 9.71 Å². The van der Waals surface area contributed by atoms with Crippen LogP contribution in [0.15, 0.2) is 24.3 Å². The molecular weight excluding hydrogens is 482 g/mol. The third-order valence-corrected chi connectivity index (χ3v) is 5.92. The van der Waals surface area contributed by atoms with Crippen molar-refractivity contribution in [2.45, 2.75) is 33.2 Å². The van der Waals surface area contributed by atoms with Gasteiger partial charge in [-0.1, -0.05) is 12.1 Å². The van der Waals surface area contributed by atoms with Gasteiger partial charge in [-0.05, 0) is 39.8 Å². The molecular formula is C24H31N7O4S. The van der Waals surface area contributed by atoms with Crippen molar-refractivity contribution in [2.24, 2.45) is 0 Å². The number of esters is 1. The molecule has 0 aliphatic heterocycles. The highest BCUT2D eigenvalue weighted by Crippen LogP contribution is 2.39. The van der Waals surface area contributed by atoms with E-state index < -0.39 is 11.5 Å². The number of amides is 2. The minimum atomic E-state index is -0.460. The van der Waals surface area contributed by atoms with Gasteiger partial charge in [-0.15, -0.1) is 11.3 Å². The van der Waals surface area contributed by atoms with Crippen molar-refractivity contribution in [3.05, 3.63) is 29.1 Å². The lowest BCUT2D eigenvalue weighted by Gasteiger charge is -2.20. The molecule has 36 heavy (non-hydrogen) atoms. The number of thiophene rings is 1. The third-order valence-electron chi connectivity index (χ3n) is 4.82. The van der Waals surface area contributed by atoms with Crippen molar-refractivity contribution in [3.8, 4) is 11.3 Å². The van der Waals surface area contributed by atoms with Gasteiger partial charge in [0.15, 0.2) is 0 Å². The van der Waals surface area contributed by atoms with Crippen LogP contribution in [-0.4, -0.2) is 60.0 Å². The Hall–Kier alpha value is -3.77. The highest BCUT2D eigenvalue weighted by atomic mass is 32.1. The molecule has 0 radical (unpaired) electrons.